The van der Waals surface area contributed by atoms with Crippen molar-refractivity contribution in [3.63, 3.8) is 0 Å². The molecule has 118 valence electrons. The first kappa shape index (κ1) is 33.2. The van der Waals surface area contributed by atoms with Crippen molar-refractivity contribution in [2.45, 2.75) is 64.2 Å². The Hall–Kier alpha value is 2.48. The van der Waals surface area contributed by atoms with Gasteiger partial charge in [0.15, 0.2) is 0 Å². The maximum absolute atomic E-state index is 4.27. The molecule has 0 unspecified atom stereocenters. The first-order valence-corrected chi connectivity index (χ1v) is 9.71. The Morgan fingerprint density at radius 1 is 0.579 bits per heavy atom. The zero-order chi connectivity index (χ0) is 12.5. The summed E-state index contributed by atoms with van der Waals surface area (Å²) < 4.78 is 0. The molecule has 0 aliphatic heterocycles. The van der Waals surface area contributed by atoms with E-state index in [1.54, 1.807) is 0 Å². The van der Waals surface area contributed by atoms with Crippen molar-refractivity contribution in [1.82, 2.24) is 0 Å². The molecule has 0 aromatic carbocycles. The second kappa shape index (κ2) is 37.1. The standard InChI is InChI=1S/2C5H10.C2H4S2.2Mo.2H2S.S/c2*1-2-4-5-3-1;3-1-2-4;;;;;/h2*1-5H2;1-4H;;;2*1H2;/p-4/b;;2-1-;;;;;. The van der Waals surface area contributed by atoms with Gasteiger partial charge >= 0.3 is 27.8 Å². The second-order valence-corrected chi connectivity index (χ2v) is 4.35. The number of thiol groups is 2. The maximum atomic E-state index is 4.27. The topological polar surface area (TPSA) is 0 Å². The van der Waals surface area contributed by atoms with Gasteiger partial charge in [-0.15, -0.1) is 0 Å². The molecule has 0 aromatic rings. The molecular formula is C12H24Mo2S5-4. The number of hydrogen-bond acceptors (Lipinski definition) is 5. The summed E-state index contributed by atoms with van der Waals surface area (Å²) in [6.07, 6.45) is 15.0. The second-order valence-electron chi connectivity index (χ2n) is 3.81. The third-order valence-corrected chi connectivity index (χ3v) is 3.00. The molecule has 0 heterocycles. The van der Waals surface area contributed by atoms with Gasteiger partial charge in [0.25, 0.3) is 0 Å². The first-order valence-electron chi connectivity index (χ1n) is 5.97. The van der Waals surface area contributed by atoms with Crippen LogP contribution in [0.25, 0.3) is 0 Å². The Bertz CT molecular complexity index is 111. The predicted molar refractivity (Wildman–Crippen MR) is 95.2 cm³/mol. The molecular weight excluding hydrogens is 496 g/mol. The van der Waals surface area contributed by atoms with Crippen LogP contribution in [0.5, 0.6) is 0 Å². The van der Waals surface area contributed by atoms with Crippen molar-refractivity contribution in [2.75, 3.05) is 0 Å². The van der Waals surface area contributed by atoms with Crippen molar-refractivity contribution < 1.29 is 39.1 Å². The summed E-state index contributed by atoms with van der Waals surface area (Å²) in [7, 11) is 4.09. The molecule has 2 saturated carbocycles. The molecule has 0 amide bonds. The Morgan fingerprint density at radius 2 is 0.684 bits per heavy atom. The van der Waals surface area contributed by atoms with Gasteiger partial charge in [-0.2, -0.15) is 0 Å². The molecule has 19 heavy (non-hydrogen) atoms. The summed E-state index contributed by atoms with van der Waals surface area (Å²) in [5.74, 6) is 0. The summed E-state index contributed by atoms with van der Waals surface area (Å²) in [4.78, 5) is 0. The molecule has 7 heteroatoms. The van der Waals surface area contributed by atoms with Crippen LogP contribution in [0.4, 0.5) is 0 Å². The summed E-state index contributed by atoms with van der Waals surface area (Å²) in [5, 5.41) is 2.80. The van der Waals surface area contributed by atoms with Crippen molar-refractivity contribution in [3.8, 4) is 0 Å². The van der Waals surface area contributed by atoms with E-state index in [1.807, 2.05) is 0 Å². The van der Waals surface area contributed by atoms with Gasteiger partial charge in [-0.1, -0.05) is 64.2 Å². The molecule has 2 aliphatic carbocycles. The zero-order valence-corrected chi connectivity index (χ0v) is 19.4. The molecule has 0 spiro atoms. The Labute approximate surface area is 174 Å². The van der Waals surface area contributed by atoms with Crippen molar-refractivity contribution in [2.24, 2.45) is 0 Å². The van der Waals surface area contributed by atoms with Crippen LogP contribution >= 0.6 is 9.82 Å². The van der Waals surface area contributed by atoms with Crippen LogP contribution in [0.3, 0.4) is 0 Å². The van der Waals surface area contributed by atoms with Gasteiger partial charge in [-0.05, 0) is 0 Å². The van der Waals surface area contributed by atoms with Crippen LogP contribution in [-0.4, -0.2) is 0 Å². The predicted octanol–water partition coefficient (Wildman–Crippen LogP) is 4.56. The van der Waals surface area contributed by atoms with Crippen LogP contribution in [-0.2, 0) is 91.3 Å². The third kappa shape index (κ3) is 38.5. The van der Waals surface area contributed by atoms with Gasteiger partial charge in [0.05, 0.1) is 0 Å². The Balaban J connectivity index is -0.0000000454. The van der Waals surface area contributed by atoms with E-state index < -0.39 is 0 Å². The summed E-state index contributed by atoms with van der Waals surface area (Å²) in [6.45, 7) is 0. The minimum absolute atomic E-state index is 0. The van der Waals surface area contributed by atoms with Crippen molar-refractivity contribution >= 4 is 62.1 Å². The molecule has 0 radical (unpaired) electrons. The van der Waals surface area contributed by atoms with E-state index in [0.717, 1.165) is 0 Å². The monoisotopic (exact) mass is 524 g/mol. The fraction of sp³-hybridized carbons (Fsp3) is 0.833. The van der Waals surface area contributed by atoms with Gasteiger partial charge in [0.2, 0.25) is 0 Å². The molecule has 0 aromatic heterocycles. The van der Waals surface area contributed by atoms with E-state index in [1.165, 1.54) is 93.0 Å². The molecule has 2 rings (SSSR count). The fourth-order valence-electron chi connectivity index (χ4n) is 1.77. The summed E-state index contributed by atoms with van der Waals surface area (Å²) in [5.41, 5.74) is 0. The van der Waals surface area contributed by atoms with E-state index in [9.17, 15) is 0 Å². The van der Waals surface area contributed by atoms with Crippen LogP contribution in [0.15, 0.2) is 10.8 Å². The Morgan fingerprint density at radius 3 is 0.737 bits per heavy atom. The van der Waals surface area contributed by atoms with Crippen LogP contribution < -0.4 is 0 Å². The van der Waals surface area contributed by atoms with Gasteiger partial charge in [-0.25, -0.2) is 10.8 Å². The quantitative estimate of drug-likeness (QED) is 0.260. The van der Waals surface area contributed by atoms with Crippen molar-refractivity contribution in [1.29, 1.82) is 0 Å². The minimum atomic E-state index is 0. The molecule has 2 aliphatic rings. The zero-order valence-electron chi connectivity index (χ0n) is 11.2. The van der Waals surface area contributed by atoms with Gasteiger partial charge < -0.3 is 52.2 Å². The van der Waals surface area contributed by atoms with Gasteiger partial charge in [0.1, 0.15) is 0 Å². The van der Waals surface area contributed by atoms with Gasteiger partial charge in [0, 0.05) is 21.1 Å². The first-order chi connectivity index (χ1) is 7.91. The molecule has 0 atom stereocenters. The van der Waals surface area contributed by atoms with E-state index in [4.69, 9.17) is 0 Å². The van der Waals surface area contributed by atoms with Crippen LogP contribution in [0.2, 0.25) is 0 Å². The number of rotatable bonds is 0. The third-order valence-electron chi connectivity index (χ3n) is 2.56. The van der Waals surface area contributed by atoms with Gasteiger partial charge in [-0.3, -0.25) is 0 Å². The SMILES string of the molecule is C1CCCC1.C1CCCC1.[Mo].[S-]/C=C\[S-].[SH-].[SH-].[S]=[Mo]. The normalized spacial score (nSPS) is 14.7. The van der Waals surface area contributed by atoms with Crippen LogP contribution in [0, 0.1) is 0 Å². The van der Waals surface area contributed by atoms with E-state index in [2.05, 4.69) is 35.1 Å². The average molecular weight is 521 g/mol. The Kier molecular flexibility index (Phi) is 64.7. The summed E-state index contributed by atoms with van der Waals surface area (Å²) in [6, 6.07) is 0. The molecule has 0 bridgehead atoms. The van der Waals surface area contributed by atoms with Crippen LogP contribution in [0.1, 0.15) is 64.2 Å². The molecule has 0 N–H and O–H groups in total. The average Bonchev–Trinajstić information content (AvgIpc) is 3.07. The van der Waals surface area contributed by atoms with Crippen molar-refractivity contribution in [3.05, 3.63) is 10.8 Å². The van der Waals surface area contributed by atoms with E-state index in [0.29, 0.717) is 0 Å². The van der Waals surface area contributed by atoms with E-state index in [-0.39, 0.29) is 48.1 Å². The van der Waals surface area contributed by atoms with E-state index >= 15 is 0 Å². The molecule has 0 saturated heterocycles. The number of hydrogen-bond donors (Lipinski definition) is 0. The fourth-order valence-corrected chi connectivity index (χ4v) is 1.77. The summed E-state index contributed by atoms with van der Waals surface area (Å²) >= 11 is 10.1. The molecule has 0 nitrogen and oxygen atoms in total. The molecule has 2 fully saturated rings.